The number of carbonyl (C=O) groups is 1. The monoisotopic (exact) mass is 392 g/mol. The summed E-state index contributed by atoms with van der Waals surface area (Å²) in [6.07, 6.45) is 5.34. The van der Waals surface area contributed by atoms with E-state index < -0.39 is 10.8 Å². The summed E-state index contributed by atoms with van der Waals surface area (Å²) in [6.45, 7) is 0.981. The first-order valence-corrected chi connectivity index (χ1v) is 9.35. The molecule has 3 aromatic rings. The predicted molar refractivity (Wildman–Crippen MR) is 108 cm³/mol. The Morgan fingerprint density at radius 3 is 2.86 bits per heavy atom. The van der Waals surface area contributed by atoms with E-state index in [4.69, 9.17) is 9.72 Å². The molecule has 148 valence electrons. The number of fused-ring (bicyclic) bond motifs is 1. The Hall–Kier alpha value is -3.68. The highest BCUT2D eigenvalue weighted by Gasteiger charge is 2.19. The third kappa shape index (κ3) is 3.82. The number of ether oxygens (including phenoxy) is 1. The van der Waals surface area contributed by atoms with Crippen LogP contribution in [-0.4, -0.2) is 27.5 Å². The zero-order valence-electron chi connectivity index (χ0n) is 15.9. The van der Waals surface area contributed by atoms with Gasteiger partial charge in [0.05, 0.1) is 17.7 Å². The number of nitrogens with zero attached hydrogens (tertiary/aromatic N) is 3. The maximum Gasteiger partial charge on any atom is 0.311 e. The van der Waals surface area contributed by atoms with Crippen molar-refractivity contribution in [2.45, 2.75) is 25.8 Å². The summed E-state index contributed by atoms with van der Waals surface area (Å²) in [6, 6.07) is 11.5. The van der Waals surface area contributed by atoms with E-state index in [1.54, 1.807) is 6.07 Å². The zero-order valence-corrected chi connectivity index (χ0v) is 15.9. The minimum absolute atomic E-state index is 0.109. The first kappa shape index (κ1) is 18.7. The maximum absolute atomic E-state index is 12.6. The minimum atomic E-state index is -0.573. The lowest BCUT2D eigenvalue weighted by Gasteiger charge is -2.11. The first-order valence-electron chi connectivity index (χ1n) is 9.35. The molecule has 4 rings (SSSR count). The molecule has 0 saturated carbocycles. The average molecular weight is 392 g/mol. The highest BCUT2D eigenvalue weighted by molar-refractivity contribution is 6.05. The molecule has 1 aliphatic heterocycles. The number of hydrogen-bond acceptors (Lipinski definition) is 5. The van der Waals surface area contributed by atoms with E-state index >= 15 is 0 Å². The number of nitro benzene ring substituents is 1. The largest absolute Gasteiger partial charge is 0.490 e. The lowest BCUT2D eigenvalue weighted by molar-refractivity contribution is -0.385. The Kier molecular flexibility index (Phi) is 4.99. The van der Waals surface area contributed by atoms with Crippen LogP contribution in [0.1, 0.15) is 29.0 Å². The van der Waals surface area contributed by atoms with Gasteiger partial charge in [-0.15, -0.1) is 0 Å². The maximum atomic E-state index is 12.6. The molecule has 0 spiro atoms. The van der Waals surface area contributed by atoms with Crippen molar-refractivity contribution < 1.29 is 14.5 Å². The van der Waals surface area contributed by atoms with Gasteiger partial charge in [0.25, 0.3) is 5.91 Å². The number of hydrogen-bond donors (Lipinski definition) is 1. The SMILES string of the molecule is COc1ccc(C(=O)Nc2cccc(-c3cn4c(n3)CCCC4)c2)cc1[N+](=O)[O-]. The highest BCUT2D eigenvalue weighted by atomic mass is 16.6. The molecule has 0 saturated heterocycles. The number of amides is 1. The Balaban J connectivity index is 1.56. The van der Waals surface area contributed by atoms with Crippen LogP contribution >= 0.6 is 0 Å². The molecule has 8 heteroatoms. The van der Waals surface area contributed by atoms with Gasteiger partial charge in [-0.05, 0) is 37.1 Å². The molecule has 0 aliphatic carbocycles. The molecular formula is C21H20N4O4. The van der Waals surface area contributed by atoms with Crippen LogP contribution in [0.5, 0.6) is 5.75 Å². The molecule has 0 unspecified atom stereocenters. The van der Waals surface area contributed by atoms with E-state index in [0.29, 0.717) is 5.69 Å². The number of anilines is 1. The van der Waals surface area contributed by atoms with E-state index in [2.05, 4.69) is 9.88 Å². The molecule has 0 radical (unpaired) electrons. The Bertz CT molecular complexity index is 1070. The molecule has 0 bridgehead atoms. The zero-order chi connectivity index (χ0) is 20.4. The number of imidazole rings is 1. The van der Waals surface area contributed by atoms with Crippen molar-refractivity contribution in [3.05, 3.63) is 70.2 Å². The van der Waals surface area contributed by atoms with Crippen LogP contribution in [0.2, 0.25) is 0 Å². The van der Waals surface area contributed by atoms with Gasteiger partial charge < -0.3 is 14.6 Å². The summed E-state index contributed by atoms with van der Waals surface area (Å²) in [5, 5.41) is 14.0. The third-order valence-corrected chi connectivity index (χ3v) is 4.96. The lowest BCUT2D eigenvalue weighted by atomic mass is 10.1. The smallest absolute Gasteiger partial charge is 0.311 e. The quantitative estimate of drug-likeness (QED) is 0.521. The number of aryl methyl sites for hydroxylation is 2. The Labute approximate surface area is 167 Å². The molecule has 1 aromatic heterocycles. The van der Waals surface area contributed by atoms with E-state index in [0.717, 1.165) is 42.9 Å². The van der Waals surface area contributed by atoms with Gasteiger partial charge in [0.15, 0.2) is 5.75 Å². The second-order valence-corrected chi connectivity index (χ2v) is 6.87. The van der Waals surface area contributed by atoms with Crippen LogP contribution in [0.25, 0.3) is 11.3 Å². The average Bonchev–Trinajstić information content (AvgIpc) is 3.17. The van der Waals surface area contributed by atoms with Crippen molar-refractivity contribution in [1.82, 2.24) is 9.55 Å². The van der Waals surface area contributed by atoms with Crippen molar-refractivity contribution in [2.75, 3.05) is 12.4 Å². The number of nitro groups is 1. The molecule has 8 nitrogen and oxygen atoms in total. The molecule has 0 atom stereocenters. The van der Waals surface area contributed by atoms with Gasteiger partial charge in [-0.1, -0.05) is 12.1 Å². The first-order chi connectivity index (χ1) is 14.0. The summed E-state index contributed by atoms with van der Waals surface area (Å²) < 4.78 is 7.16. The Morgan fingerprint density at radius 1 is 1.24 bits per heavy atom. The summed E-state index contributed by atoms with van der Waals surface area (Å²) >= 11 is 0. The number of methoxy groups -OCH3 is 1. The molecule has 2 heterocycles. The minimum Gasteiger partial charge on any atom is -0.490 e. The van der Waals surface area contributed by atoms with E-state index in [9.17, 15) is 14.9 Å². The van der Waals surface area contributed by atoms with E-state index in [1.807, 2.05) is 24.4 Å². The normalized spacial score (nSPS) is 12.9. The van der Waals surface area contributed by atoms with Crippen molar-refractivity contribution in [3.63, 3.8) is 0 Å². The van der Waals surface area contributed by atoms with Gasteiger partial charge in [-0.3, -0.25) is 14.9 Å². The number of rotatable bonds is 5. The van der Waals surface area contributed by atoms with Crippen LogP contribution < -0.4 is 10.1 Å². The second-order valence-electron chi connectivity index (χ2n) is 6.87. The highest BCUT2D eigenvalue weighted by Crippen LogP contribution is 2.28. The molecule has 29 heavy (non-hydrogen) atoms. The predicted octanol–water partition coefficient (Wildman–Crippen LogP) is 4.06. The van der Waals surface area contributed by atoms with Gasteiger partial charge in [0.1, 0.15) is 5.82 Å². The van der Waals surface area contributed by atoms with Crippen LogP contribution in [-0.2, 0) is 13.0 Å². The second kappa shape index (κ2) is 7.75. The van der Waals surface area contributed by atoms with Crippen LogP contribution in [0, 0.1) is 10.1 Å². The van der Waals surface area contributed by atoms with Crippen LogP contribution in [0.15, 0.2) is 48.7 Å². The van der Waals surface area contributed by atoms with Crippen molar-refractivity contribution in [1.29, 1.82) is 0 Å². The summed E-state index contributed by atoms with van der Waals surface area (Å²) in [4.78, 5) is 27.9. The molecule has 1 amide bonds. The summed E-state index contributed by atoms with van der Waals surface area (Å²) in [7, 11) is 1.35. The van der Waals surface area contributed by atoms with Gasteiger partial charge in [0.2, 0.25) is 0 Å². The third-order valence-electron chi connectivity index (χ3n) is 4.96. The standard InChI is InChI=1S/C21H20N4O4/c1-29-19-9-8-15(12-18(19)25(27)28)21(26)22-16-6-4-5-14(11-16)17-13-24-10-3-2-7-20(24)23-17/h4-6,8-9,11-13H,2-3,7,10H2,1H3,(H,22,26). The van der Waals surface area contributed by atoms with Crippen LogP contribution in [0.3, 0.4) is 0 Å². The molecular weight excluding hydrogens is 372 g/mol. The fourth-order valence-electron chi connectivity index (χ4n) is 3.49. The number of aromatic nitrogens is 2. The van der Waals surface area contributed by atoms with Gasteiger partial charge >= 0.3 is 5.69 Å². The van der Waals surface area contributed by atoms with Crippen molar-refractivity contribution in [2.24, 2.45) is 0 Å². The van der Waals surface area contributed by atoms with Crippen LogP contribution in [0.4, 0.5) is 11.4 Å². The lowest BCUT2D eigenvalue weighted by Crippen LogP contribution is -2.12. The van der Waals surface area contributed by atoms with E-state index in [1.165, 1.54) is 25.3 Å². The molecule has 1 N–H and O–H groups in total. The summed E-state index contributed by atoms with van der Waals surface area (Å²) in [5.41, 5.74) is 2.30. The number of carbonyl (C=O) groups excluding carboxylic acids is 1. The Morgan fingerprint density at radius 2 is 2.10 bits per heavy atom. The van der Waals surface area contributed by atoms with Crippen molar-refractivity contribution >= 4 is 17.3 Å². The fraction of sp³-hybridized carbons (Fsp3) is 0.238. The molecule has 1 aliphatic rings. The van der Waals surface area contributed by atoms with Crippen molar-refractivity contribution in [3.8, 4) is 17.0 Å². The molecule has 2 aromatic carbocycles. The number of benzene rings is 2. The van der Waals surface area contributed by atoms with E-state index in [-0.39, 0.29) is 17.0 Å². The fourth-order valence-corrected chi connectivity index (χ4v) is 3.49. The van der Waals surface area contributed by atoms with Gasteiger partial charge in [0, 0.05) is 42.0 Å². The topological polar surface area (TPSA) is 99.3 Å². The molecule has 0 fully saturated rings. The van der Waals surface area contributed by atoms with Gasteiger partial charge in [-0.25, -0.2) is 4.98 Å². The number of nitrogens with one attached hydrogen (secondary N) is 1. The van der Waals surface area contributed by atoms with Gasteiger partial charge in [-0.2, -0.15) is 0 Å². The summed E-state index contributed by atoms with van der Waals surface area (Å²) in [5.74, 6) is 0.764.